The van der Waals surface area contributed by atoms with E-state index >= 15 is 0 Å². The molecule has 0 aromatic carbocycles. The van der Waals surface area contributed by atoms with Gasteiger partial charge in [0.25, 0.3) is 0 Å². The average molecular weight is 344 g/mol. The minimum absolute atomic E-state index is 0.379. The van der Waals surface area contributed by atoms with Crippen LogP contribution in [0.25, 0.3) is 0 Å². The van der Waals surface area contributed by atoms with Gasteiger partial charge in [0, 0.05) is 0 Å². The molecule has 0 rings (SSSR count). The van der Waals surface area contributed by atoms with Crippen molar-refractivity contribution < 1.29 is 18.1 Å². The molecule has 0 atom stereocenters. The van der Waals surface area contributed by atoms with E-state index in [1.165, 1.54) is 0 Å². The van der Waals surface area contributed by atoms with Crippen LogP contribution in [-0.2, 0) is 18.1 Å². The number of allylic oxidation sites excluding steroid dienone is 3. The second-order valence-corrected chi connectivity index (χ2v) is 6.97. The molecule has 0 unspecified atom stereocenters. The van der Waals surface area contributed by atoms with Gasteiger partial charge in [-0.15, -0.1) is 19.7 Å². The number of phosphoric ester groups is 1. The molecular weight excluding hydrogens is 311 g/mol. The molecule has 0 fully saturated rings. The first-order valence-electron chi connectivity index (χ1n) is 8.55. The van der Waals surface area contributed by atoms with Gasteiger partial charge in [0.05, 0.1) is 19.8 Å². The molecule has 0 spiro atoms. The molecular formula is C18H33O4P. The second-order valence-electron chi connectivity index (χ2n) is 5.30. The van der Waals surface area contributed by atoms with Crippen LogP contribution in [0.4, 0.5) is 0 Å². The average Bonchev–Trinajstić information content (AvgIpc) is 2.54. The van der Waals surface area contributed by atoms with Crippen molar-refractivity contribution in [2.75, 3.05) is 19.8 Å². The van der Waals surface area contributed by atoms with E-state index in [0.717, 1.165) is 57.8 Å². The monoisotopic (exact) mass is 344 g/mol. The maximum Gasteiger partial charge on any atom is 0.474 e. The Morgan fingerprint density at radius 1 is 0.609 bits per heavy atom. The summed E-state index contributed by atoms with van der Waals surface area (Å²) in [5.41, 5.74) is 0. The van der Waals surface area contributed by atoms with E-state index in [2.05, 4.69) is 19.7 Å². The van der Waals surface area contributed by atoms with E-state index in [9.17, 15) is 4.57 Å². The van der Waals surface area contributed by atoms with Crippen LogP contribution in [0, 0.1) is 0 Å². The van der Waals surface area contributed by atoms with E-state index in [1.54, 1.807) is 0 Å². The summed E-state index contributed by atoms with van der Waals surface area (Å²) in [6, 6.07) is 0. The quantitative estimate of drug-likeness (QED) is 0.168. The summed E-state index contributed by atoms with van der Waals surface area (Å²) in [6.45, 7) is 12.2. The summed E-state index contributed by atoms with van der Waals surface area (Å²) in [5, 5.41) is 0. The third-order valence-electron chi connectivity index (χ3n) is 3.16. The van der Waals surface area contributed by atoms with E-state index in [-0.39, 0.29) is 0 Å². The zero-order valence-corrected chi connectivity index (χ0v) is 15.3. The number of unbranched alkanes of at least 4 members (excludes halogenated alkanes) is 6. The van der Waals surface area contributed by atoms with Crippen LogP contribution in [0.1, 0.15) is 57.8 Å². The Morgan fingerprint density at radius 2 is 0.913 bits per heavy atom. The van der Waals surface area contributed by atoms with Gasteiger partial charge >= 0.3 is 7.82 Å². The topological polar surface area (TPSA) is 44.8 Å². The molecule has 0 aromatic heterocycles. The van der Waals surface area contributed by atoms with Crippen LogP contribution in [0.15, 0.2) is 38.0 Å². The summed E-state index contributed by atoms with van der Waals surface area (Å²) in [6.07, 6.45) is 13.7. The Hall–Kier alpha value is -0.670. The summed E-state index contributed by atoms with van der Waals surface area (Å²) in [4.78, 5) is 0. The number of phosphoric acid groups is 1. The Kier molecular flexibility index (Phi) is 15.7. The summed E-state index contributed by atoms with van der Waals surface area (Å²) < 4.78 is 28.9. The normalized spacial score (nSPS) is 11.3. The van der Waals surface area contributed by atoms with Gasteiger partial charge in [-0.1, -0.05) is 18.2 Å². The molecule has 0 radical (unpaired) electrons. The summed E-state index contributed by atoms with van der Waals surface area (Å²) in [5.74, 6) is 0. The molecule has 23 heavy (non-hydrogen) atoms. The van der Waals surface area contributed by atoms with Crippen molar-refractivity contribution >= 4 is 7.82 Å². The molecule has 5 heteroatoms. The fourth-order valence-electron chi connectivity index (χ4n) is 1.81. The van der Waals surface area contributed by atoms with E-state index < -0.39 is 7.82 Å². The van der Waals surface area contributed by atoms with E-state index in [0.29, 0.717) is 19.8 Å². The Labute approximate surface area is 142 Å². The number of hydrogen-bond donors (Lipinski definition) is 0. The first-order chi connectivity index (χ1) is 11.2. The summed E-state index contributed by atoms with van der Waals surface area (Å²) in [7, 11) is -3.44. The molecule has 0 saturated heterocycles. The lowest BCUT2D eigenvalue weighted by atomic mass is 10.2. The van der Waals surface area contributed by atoms with Crippen molar-refractivity contribution in [1.29, 1.82) is 0 Å². The molecule has 0 N–H and O–H groups in total. The van der Waals surface area contributed by atoms with Crippen LogP contribution < -0.4 is 0 Å². The van der Waals surface area contributed by atoms with E-state index in [1.807, 2.05) is 18.2 Å². The largest absolute Gasteiger partial charge is 0.474 e. The van der Waals surface area contributed by atoms with Gasteiger partial charge in [-0.2, -0.15) is 0 Å². The minimum atomic E-state index is -3.44. The van der Waals surface area contributed by atoms with Crippen molar-refractivity contribution in [3.63, 3.8) is 0 Å². The zero-order valence-electron chi connectivity index (χ0n) is 14.4. The van der Waals surface area contributed by atoms with Crippen LogP contribution in [0.3, 0.4) is 0 Å². The Morgan fingerprint density at radius 3 is 1.17 bits per heavy atom. The fourth-order valence-corrected chi connectivity index (χ4v) is 3.09. The first-order valence-corrected chi connectivity index (χ1v) is 10.0. The van der Waals surface area contributed by atoms with Gasteiger partial charge in [-0.25, -0.2) is 4.57 Å². The van der Waals surface area contributed by atoms with Crippen molar-refractivity contribution in [2.45, 2.75) is 57.8 Å². The molecule has 0 heterocycles. The fraction of sp³-hybridized carbons (Fsp3) is 0.667. The van der Waals surface area contributed by atoms with Crippen molar-refractivity contribution in [3.8, 4) is 0 Å². The maximum absolute atomic E-state index is 12.6. The number of hydrogen-bond acceptors (Lipinski definition) is 4. The highest BCUT2D eigenvalue weighted by atomic mass is 31.2. The lowest BCUT2D eigenvalue weighted by Crippen LogP contribution is -2.04. The predicted molar refractivity (Wildman–Crippen MR) is 97.6 cm³/mol. The predicted octanol–water partition coefficient (Wildman–Crippen LogP) is 6.21. The first kappa shape index (κ1) is 22.3. The lowest BCUT2D eigenvalue weighted by Gasteiger charge is -2.18. The highest BCUT2D eigenvalue weighted by Gasteiger charge is 2.25. The van der Waals surface area contributed by atoms with Gasteiger partial charge in [-0.05, 0) is 57.8 Å². The molecule has 0 amide bonds. The van der Waals surface area contributed by atoms with Crippen molar-refractivity contribution in [2.24, 2.45) is 0 Å². The second kappa shape index (κ2) is 16.2. The SMILES string of the molecule is C=CCCCCOP(=O)(OCCCCC=C)OCCCCC=C. The summed E-state index contributed by atoms with van der Waals surface area (Å²) >= 11 is 0. The lowest BCUT2D eigenvalue weighted by molar-refractivity contribution is 0.109. The van der Waals surface area contributed by atoms with Crippen LogP contribution in [0.2, 0.25) is 0 Å². The molecule has 0 bridgehead atoms. The van der Waals surface area contributed by atoms with Gasteiger partial charge in [0.1, 0.15) is 0 Å². The molecule has 0 aliphatic heterocycles. The highest BCUT2D eigenvalue weighted by molar-refractivity contribution is 7.48. The Balaban J connectivity index is 4.10. The van der Waals surface area contributed by atoms with Crippen molar-refractivity contribution in [3.05, 3.63) is 38.0 Å². The standard InChI is InChI=1S/C18H33O4P/c1-4-7-10-13-16-20-23(19,21-17-14-11-8-5-2)22-18-15-12-9-6-3/h4-6H,1-3,7-18H2. The molecule has 134 valence electrons. The number of rotatable bonds is 18. The van der Waals surface area contributed by atoms with Crippen LogP contribution in [0.5, 0.6) is 0 Å². The van der Waals surface area contributed by atoms with E-state index in [4.69, 9.17) is 13.6 Å². The van der Waals surface area contributed by atoms with Crippen molar-refractivity contribution in [1.82, 2.24) is 0 Å². The van der Waals surface area contributed by atoms with Gasteiger partial charge in [0.15, 0.2) is 0 Å². The Bertz CT molecular complexity index is 303. The molecule has 0 aliphatic rings. The molecule has 4 nitrogen and oxygen atoms in total. The smallest absolute Gasteiger partial charge is 0.287 e. The molecule has 0 saturated carbocycles. The zero-order chi connectivity index (χ0) is 17.2. The highest BCUT2D eigenvalue weighted by Crippen LogP contribution is 2.49. The van der Waals surface area contributed by atoms with Gasteiger partial charge < -0.3 is 0 Å². The maximum atomic E-state index is 12.6. The van der Waals surface area contributed by atoms with Crippen LogP contribution in [-0.4, -0.2) is 19.8 Å². The minimum Gasteiger partial charge on any atom is -0.287 e. The molecule has 0 aliphatic carbocycles. The van der Waals surface area contributed by atoms with Gasteiger partial charge in [-0.3, -0.25) is 13.6 Å². The third kappa shape index (κ3) is 14.6. The van der Waals surface area contributed by atoms with Gasteiger partial charge in [0.2, 0.25) is 0 Å². The van der Waals surface area contributed by atoms with Crippen LogP contribution >= 0.6 is 7.82 Å². The third-order valence-corrected chi connectivity index (χ3v) is 4.65. The molecule has 0 aromatic rings.